The van der Waals surface area contributed by atoms with Gasteiger partial charge in [0.1, 0.15) is 5.75 Å². The molecule has 0 heterocycles. The van der Waals surface area contributed by atoms with E-state index in [9.17, 15) is 22.8 Å². The van der Waals surface area contributed by atoms with E-state index in [4.69, 9.17) is 0 Å². The molecule has 9 heteroatoms. The van der Waals surface area contributed by atoms with Crippen molar-refractivity contribution < 1.29 is 32.4 Å². The van der Waals surface area contributed by atoms with Gasteiger partial charge in [0.2, 0.25) is 0 Å². The molecule has 144 valence electrons. The van der Waals surface area contributed by atoms with E-state index < -0.39 is 6.36 Å². The summed E-state index contributed by atoms with van der Waals surface area (Å²) in [7, 11) is 1.72. The molecule has 2 atom stereocenters. The third-order valence-electron chi connectivity index (χ3n) is 4.01. The molecule has 0 bridgehead atoms. The smallest absolute Gasteiger partial charge is 0.406 e. The van der Waals surface area contributed by atoms with Crippen molar-refractivity contribution in [1.29, 1.82) is 0 Å². The first kappa shape index (κ1) is 20.0. The lowest BCUT2D eigenvalue weighted by Crippen LogP contribution is -3.11. The number of halogens is 3. The summed E-state index contributed by atoms with van der Waals surface area (Å²) in [6.07, 6.45) is -2.48. The van der Waals surface area contributed by atoms with Crippen molar-refractivity contribution in [2.24, 2.45) is 5.92 Å². The number of benzene rings is 1. The summed E-state index contributed by atoms with van der Waals surface area (Å²) >= 11 is 0. The Hall–Kier alpha value is -2.29. The lowest BCUT2D eigenvalue weighted by molar-refractivity contribution is -0.862. The molecule has 1 saturated carbocycles. The predicted molar refractivity (Wildman–Crippen MR) is 88.7 cm³/mol. The first-order valence-corrected chi connectivity index (χ1v) is 8.38. The van der Waals surface area contributed by atoms with Crippen LogP contribution in [0.2, 0.25) is 0 Å². The van der Waals surface area contributed by atoms with Crippen molar-refractivity contribution >= 4 is 17.5 Å². The van der Waals surface area contributed by atoms with Gasteiger partial charge in [-0.3, -0.25) is 9.59 Å². The van der Waals surface area contributed by atoms with Crippen molar-refractivity contribution in [2.75, 3.05) is 25.5 Å². The number of anilines is 1. The zero-order chi connectivity index (χ0) is 19.3. The number of amides is 2. The lowest BCUT2D eigenvalue weighted by atomic mass is 10.2. The Morgan fingerprint density at radius 1 is 1.19 bits per heavy atom. The molecule has 1 aliphatic carbocycles. The topological polar surface area (TPSA) is 71.9 Å². The van der Waals surface area contributed by atoms with Crippen LogP contribution in [0.15, 0.2) is 24.3 Å². The zero-order valence-corrected chi connectivity index (χ0v) is 14.7. The van der Waals surface area contributed by atoms with Crippen LogP contribution in [-0.2, 0) is 9.59 Å². The van der Waals surface area contributed by atoms with Gasteiger partial charge in [0, 0.05) is 11.7 Å². The predicted octanol–water partition coefficient (Wildman–Crippen LogP) is 0.953. The maximum absolute atomic E-state index is 12.1. The average molecular weight is 374 g/mol. The number of carbonyl (C=O) groups is 2. The van der Waals surface area contributed by atoms with E-state index in [1.807, 2.05) is 6.92 Å². The summed E-state index contributed by atoms with van der Waals surface area (Å²) in [5.41, 5.74) is 0.351. The third-order valence-corrected chi connectivity index (χ3v) is 4.01. The maximum Gasteiger partial charge on any atom is 0.573 e. The molecule has 26 heavy (non-hydrogen) atoms. The number of likely N-dealkylation sites (N-methyl/N-ethyl adjacent to an activating group) is 1. The second kappa shape index (κ2) is 8.39. The summed E-state index contributed by atoms with van der Waals surface area (Å²) in [5, 5.41) is 5.50. The average Bonchev–Trinajstić information content (AvgIpc) is 3.31. The Morgan fingerprint density at radius 3 is 2.31 bits per heavy atom. The van der Waals surface area contributed by atoms with E-state index in [0.29, 0.717) is 16.5 Å². The molecule has 1 fully saturated rings. The molecule has 0 aliphatic heterocycles. The van der Waals surface area contributed by atoms with Gasteiger partial charge >= 0.3 is 6.36 Å². The number of hydrogen-bond acceptors (Lipinski definition) is 3. The largest absolute Gasteiger partial charge is 0.573 e. The van der Waals surface area contributed by atoms with Gasteiger partial charge in [-0.2, -0.15) is 0 Å². The second-order valence-corrected chi connectivity index (χ2v) is 6.62. The molecule has 0 radical (unpaired) electrons. The highest BCUT2D eigenvalue weighted by Crippen LogP contribution is 2.32. The molecule has 2 rings (SSSR count). The minimum Gasteiger partial charge on any atom is -0.406 e. The van der Waals surface area contributed by atoms with E-state index in [2.05, 4.69) is 15.4 Å². The van der Waals surface area contributed by atoms with Crippen LogP contribution in [-0.4, -0.2) is 44.4 Å². The molecule has 0 saturated heterocycles. The Bertz CT molecular complexity index is 630. The molecule has 1 aromatic carbocycles. The van der Waals surface area contributed by atoms with Gasteiger partial charge in [-0.1, -0.05) is 0 Å². The lowest BCUT2D eigenvalue weighted by Gasteiger charge is -2.16. The third kappa shape index (κ3) is 7.30. The van der Waals surface area contributed by atoms with Crippen molar-refractivity contribution in [3.05, 3.63) is 24.3 Å². The van der Waals surface area contributed by atoms with Gasteiger partial charge in [-0.15, -0.1) is 13.2 Å². The van der Waals surface area contributed by atoms with Gasteiger partial charge < -0.3 is 20.3 Å². The fourth-order valence-electron chi connectivity index (χ4n) is 2.57. The molecule has 1 aromatic rings. The van der Waals surface area contributed by atoms with Crippen LogP contribution < -0.4 is 20.3 Å². The SMILES string of the molecule is C[C@H](NC(=O)C[NH+](C)CC(=O)Nc1ccc(OC(F)(F)F)cc1)C1CC1. The standard InChI is InChI=1S/C17H22F3N3O3/c1-11(12-3-4-12)21-15(24)9-23(2)10-16(25)22-13-5-7-14(8-6-13)26-17(18,19)20/h5-8,11-12H,3-4,9-10H2,1-2H3,(H,21,24)(H,22,25)/p+1/t11-/m0/s1. The van der Waals surface area contributed by atoms with Gasteiger partial charge in [-0.05, 0) is 49.9 Å². The van der Waals surface area contributed by atoms with Crippen LogP contribution in [0.5, 0.6) is 5.75 Å². The molecule has 3 N–H and O–H groups in total. The van der Waals surface area contributed by atoms with Crippen LogP contribution >= 0.6 is 0 Å². The van der Waals surface area contributed by atoms with Gasteiger partial charge in [0.05, 0.1) is 7.05 Å². The van der Waals surface area contributed by atoms with Gasteiger partial charge in [-0.25, -0.2) is 0 Å². The fraction of sp³-hybridized carbons (Fsp3) is 0.529. The van der Waals surface area contributed by atoms with Crippen molar-refractivity contribution in [2.45, 2.75) is 32.2 Å². The second-order valence-electron chi connectivity index (χ2n) is 6.62. The number of nitrogens with one attached hydrogen (secondary N) is 3. The van der Waals surface area contributed by atoms with Gasteiger partial charge in [0.25, 0.3) is 11.8 Å². The molecule has 0 spiro atoms. The number of rotatable bonds is 8. The molecular formula is C17H23F3N3O3+. The van der Waals surface area contributed by atoms with Crippen molar-refractivity contribution in [1.82, 2.24) is 5.32 Å². The van der Waals surface area contributed by atoms with Crippen LogP contribution in [0.3, 0.4) is 0 Å². The molecular weight excluding hydrogens is 351 g/mol. The summed E-state index contributed by atoms with van der Waals surface area (Å²) in [6.45, 7) is 2.21. The van der Waals surface area contributed by atoms with E-state index in [-0.39, 0.29) is 36.7 Å². The maximum atomic E-state index is 12.1. The summed E-state index contributed by atoms with van der Waals surface area (Å²) in [6, 6.07) is 5.02. The van der Waals surface area contributed by atoms with Crippen LogP contribution in [0.1, 0.15) is 19.8 Å². The van der Waals surface area contributed by atoms with Crippen molar-refractivity contribution in [3.8, 4) is 5.75 Å². The molecule has 6 nitrogen and oxygen atoms in total. The number of ether oxygens (including phenoxy) is 1. The summed E-state index contributed by atoms with van der Waals surface area (Å²) in [5.74, 6) is -0.245. The zero-order valence-electron chi connectivity index (χ0n) is 14.7. The minimum absolute atomic E-state index is 0.0615. The fourth-order valence-corrected chi connectivity index (χ4v) is 2.57. The first-order chi connectivity index (χ1) is 12.1. The van der Waals surface area contributed by atoms with E-state index in [1.165, 1.54) is 12.1 Å². The summed E-state index contributed by atoms with van der Waals surface area (Å²) < 4.78 is 40.1. The molecule has 1 unspecified atom stereocenters. The summed E-state index contributed by atoms with van der Waals surface area (Å²) in [4.78, 5) is 24.6. The van der Waals surface area contributed by atoms with E-state index in [0.717, 1.165) is 25.0 Å². The van der Waals surface area contributed by atoms with Crippen LogP contribution in [0, 0.1) is 5.92 Å². The highest BCUT2D eigenvalue weighted by atomic mass is 19.4. The quantitative estimate of drug-likeness (QED) is 0.635. The first-order valence-electron chi connectivity index (χ1n) is 8.38. The molecule has 1 aliphatic rings. The molecule has 2 amide bonds. The van der Waals surface area contributed by atoms with Crippen molar-refractivity contribution in [3.63, 3.8) is 0 Å². The van der Waals surface area contributed by atoms with E-state index >= 15 is 0 Å². The number of alkyl halides is 3. The Kier molecular flexibility index (Phi) is 6.47. The molecule has 0 aromatic heterocycles. The normalized spacial score (nSPS) is 16.5. The Morgan fingerprint density at radius 2 is 1.77 bits per heavy atom. The van der Waals surface area contributed by atoms with E-state index in [1.54, 1.807) is 7.05 Å². The van der Waals surface area contributed by atoms with Crippen LogP contribution in [0.25, 0.3) is 0 Å². The minimum atomic E-state index is -4.76. The Balaban J connectivity index is 1.73. The Labute approximate surface area is 149 Å². The van der Waals surface area contributed by atoms with Crippen LogP contribution in [0.4, 0.5) is 18.9 Å². The monoisotopic (exact) mass is 374 g/mol. The number of carbonyl (C=O) groups excluding carboxylic acids is 2. The highest BCUT2D eigenvalue weighted by molar-refractivity contribution is 5.91. The number of quaternary nitrogens is 1. The van der Waals surface area contributed by atoms with Gasteiger partial charge in [0.15, 0.2) is 13.1 Å². The highest BCUT2D eigenvalue weighted by Gasteiger charge is 2.31. The number of hydrogen-bond donors (Lipinski definition) is 3.